The smallest absolute Gasteiger partial charge is 0.254 e. The van der Waals surface area contributed by atoms with Gasteiger partial charge in [0.05, 0.1) is 18.9 Å². The monoisotopic (exact) mass is 293 g/mol. The molecular formula is C15H23N3O3. The van der Waals surface area contributed by atoms with E-state index in [4.69, 9.17) is 10.5 Å². The summed E-state index contributed by atoms with van der Waals surface area (Å²) in [6, 6.07) is 5.04. The van der Waals surface area contributed by atoms with Crippen LogP contribution in [0.1, 0.15) is 16.8 Å². The van der Waals surface area contributed by atoms with E-state index < -0.39 is 6.10 Å². The van der Waals surface area contributed by atoms with Crippen LogP contribution in [-0.4, -0.2) is 67.3 Å². The Labute approximate surface area is 125 Å². The first-order valence-electron chi connectivity index (χ1n) is 6.99. The molecule has 2 rings (SSSR count). The average molecular weight is 293 g/mol. The third-order valence-corrected chi connectivity index (χ3v) is 3.71. The Morgan fingerprint density at radius 3 is 2.81 bits per heavy atom. The van der Waals surface area contributed by atoms with Gasteiger partial charge in [-0.3, -0.25) is 4.79 Å². The number of hydrogen-bond donors (Lipinski definition) is 2. The van der Waals surface area contributed by atoms with Gasteiger partial charge >= 0.3 is 0 Å². The summed E-state index contributed by atoms with van der Waals surface area (Å²) in [4.78, 5) is 16.4. The van der Waals surface area contributed by atoms with Crippen molar-refractivity contribution in [1.82, 2.24) is 9.80 Å². The Balaban J connectivity index is 2.19. The number of likely N-dealkylation sites (N-methyl/N-ethyl adjacent to an activating group) is 1. The zero-order chi connectivity index (χ0) is 15.6. The number of aliphatic hydroxyl groups is 1. The van der Waals surface area contributed by atoms with Gasteiger partial charge in [-0.1, -0.05) is 0 Å². The van der Waals surface area contributed by atoms with Crippen LogP contribution in [0.5, 0.6) is 5.75 Å². The zero-order valence-corrected chi connectivity index (χ0v) is 12.7. The highest BCUT2D eigenvalue weighted by Crippen LogP contribution is 2.25. The van der Waals surface area contributed by atoms with E-state index in [0.29, 0.717) is 30.0 Å². The molecule has 21 heavy (non-hydrogen) atoms. The summed E-state index contributed by atoms with van der Waals surface area (Å²) in [6.45, 7) is 1.09. The number of β-amino-alcohol motifs (C(OH)–C–C–N with tert-alkyl or cyclic N) is 1. The Kier molecular flexibility index (Phi) is 4.69. The summed E-state index contributed by atoms with van der Waals surface area (Å²) in [5.74, 6) is 0.450. The van der Waals surface area contributed by atoms with E-state index in [0.717, 1.165) is 6.54 Å². The maximum absolute atomic E-state index is 12.6. The Morgan fingerprint density at radius 1 is 1.52 bits per heavy atom. The van der Waals surface area contributed by atoms with Crippen molar-refractivity contribution in [3.8, 4) is 5.75 Å². The summed E-state index contributed by atoms with van der Waals surface area (Å²) >= 11 is 0. The second kappa shape index (κ2) is 6.32. The van der Waals surface area contributed by atoms with Crippen LogP contribution >= 0.6 is 0 Å². The normalized spacial score (nSPS) is 21.9. The summed E-state index contributed by atoms with van der Waals surface area (Å²) in [6.07, 6.45) is 0.143. The lowest BCUT2D eigenvalue weighted by molar-refractivity contribution is 0.0699. The van der Waals surface area contributed by atoms with E-state index in [1.54, 1.807) is 23.1 Å². The number of nitrogen functional groups attached to an aromatic ring is 1. The standard InChI is InChI=1S/C15H23N3O3/c1-17(2)8-11-7-12(19)9-18(11)15(20)10-4-5-14(21-3)13(16)6-10/h4-6,11-12,19H,7-9,16H2,1-3H3. The van der Waals surface area contributed by atoms with Crippen molar-refractivity contribution in [2.24, 2.45) is 0 Å². The van der Waals surface area contributed by atoms with Crippen LogP contribution in [0.25, 0.3) is 0 Å². The number of carbonyl (C=O) groups excluding carboxylic acids is 1. The van der Waals surface area contributed by atoms with Crippen molar-refractivity contribution in [2.45, 2.75) is 18.6 Å². The Bertz CT molecular complexity index is 519. The molecule has 0 bridgehead atoms. The lowest BCUT2D eigenvalue weighted by Crippen LogP contribution is -2.41. The van der Waals surface area contributed by atoms with Gasteiger partial charge in [0.2, 0.25) is 0 Å². The molecule has 0 aliphatic carbocycles. The molecule has 2 unspecified atom stereocenters. The minimum absolute atomic E-state index is 0.0193. The van der Waals surface area contributed by atoms with Gasteiger partial charge in [-0.25, -0.2) is 0 Å². The van der Waals surface area contributed by atoms with Crippen LogP contribution < -0.4 is 10.5 Å². The molecule has 1 aliphatic rings. The predicted octanol–water partition coefficient (Wildman–Crippen LogP) is 0.414. The minimum atomic E-state index is -0.463. The van der Waals surface area contributed by atoms with Gasteiger partial charge in [-0.15, -0.1) is 0 Å². The van der Waals surface area contributed by atoms with Gasteiger partial charge in [0.1, 0.15) is 5.75 Å². The number of amides is 1. The van der Waals surface area contributed by atoms with E-state index in [1.807, 2.05) is 19.0 Å². The number of methoxy groups -OCH3 is 1. The molecule has 2 atom stereocenters. The van der Waals surface area contributed by atoms with Crippen LogP contribution in [0.4, 0.5) is 5.69 Å². The number of carbonyl (C=O) groups is 1. The molecule has 0 saturated carbocycles. The maximum atomic E-state index is 12.6. The Hall–Kier alpha value is -1.79. The molecule has 1 fully saturated rings. The van der Waals surface area contributed by atoms with Crippen molar-refractivity contribution >= 4 is 11.6 Å². The number of hydrogen-bond acceptors (Lipinski definition) is 5. The van der Waals surface area contributed by atoms with E-state index in [2.05, 4.69) is 0 Å². The minimum Gasteiger partial charge on any atom is -0.495 e. The SMILES string of the molecule is COc1ccc(C(=O)N2CC(O)CC2CN(C)C)cc1N. The average Bonchev–Trinajstić information content (AvgIpc) is 2.77. The maximum Gasteiger partial charge on any atom is 0.254 e. The highest BCUT2D eigenvalue weighted by molar-refractivity contribution is 5.96. The molecular weight excluding hydrogens is 270 g/mol. The lowest BCUT2D eigenvalue weighted by Gasteiger charge is -2.27. The first-order chi connectivity index (χ1) is 9.92. The molecule has 0 aromatic heterocycles. The van der Waals surface area contributed by atoms with Gasteiger partial charge in [0.25, 0.3) is 5.91 Å². The number of ether oxygens (including phenoxy) is 1. The number of rotatable bonds is 4. The summed E-state index contributed by atoms with van der Waals surface area (Å²) in [5.41, 5.74) is 6.81. The molecule has 116 valence electrons. The van der Waals surface area contributed by atoms with Gasteiger partial charge in [0, 0.05) is 24.7 Å². The first kappa shape index (κ1) is 15.6. The number of likely N-dealkylation sites (tertiary alicyclic amines) is 1. The van der Waals surface area contributed by atoms with Gasteiger partial charge in [-0.2, -0.15) is 0 Å². The van der Waals surface area contributed by atoms with Crippen LogP contribution in [0.2, 0.25) is 0 Å². The van der Waals surface area contributed by atoms with Gasteiger partial charge < -0.3 is 25.4 Å². The number of nitrogens with two attached hydrogens (primary N) is 1. The summed E-state index contributed by atoms with van der Waals surface area (Å²) < 4.78 is 5.10. The van der Waals surface area contributed by atoms with Crippen LogP contribution in [0.15, 0.2) is 18.2 Å². The van der Waals surface area contributed by atoms with Crippen molar-refractivity contribution in [3.63, 3.8) is 0 Å². The molecule has 3 N–H and O–H groups in total. The quantitative estimate of drug-likeness (QED) is 0.786. The van der Waals surface area contributed by atoms with Crippen molar-refractivity contribution in [3.05, 3.63) is 23.8 Å². The molecule has 1 heterocycles. The fourth-order valence-corrected chi connectivity index (χ4v) is 2.77. The van der Waals surface area contributed by atoms with E-state index in [9.17, 15) is 9.90 Å². The topological polar surface area (TPSA) is 79.0 Å². The first-order valence-corrected chi connectivity index (χ1v) is 6.99. The second-order valence-corrected chi connectivity index (χ2v) is 5.72. The number of aliphatic hydroxyl groups excluding tert-OH is 1. The van der Waals surface area contributed by atoms with E-state index in [1.165, 1.54) is 7.11 Å². The van der Waals surface area contributed by atoms with Crippen molar-refractivity contribution < 1.29 is 14.6 Å². The highest BCUT2D eigenvalue weighted by Gasteiger charge is 2.35. The molecule has 6 heteroatoms. The van der Waals surface area contributed by atoms with Crippen molar-refractivity contribution in [1.29, 1.82) is 0 Å². The lowest BCUT2D eigenvalue weighted by atomic mass is 10.1. The fourth-order valence-electron chi connectivity index (χ4n) is 2.77. The molecule has 0 radical (unpaired) electrons. The molecule has 6 nitrogen and oxygen atoms in total. The summed E-state index contributed by atoms with van der Waals surface area (Å²) in [5, 5.41) is 9.86. The van der Waals surface area contributed by atoms with Gasteiger partial charge in [0.15, 0.2) is 0 Å². The molecule has 1 saturated heterocycles. The van der Waals surface area contributed by atoms with E-state index >= 15 is 0 Å². The third-order valence-electron chi connectivity index (χ3n) is 3.71. The van der Waals surface area contributed by atoms with Crippen LogP contribution in [0.3, 0.4) is 0 Å². The number of anilines is 1. The van der Waals surface area contributed by atoms with Crippen LogP contribution in [0, 0.1) is 0 Å². The largest absolute Gasteiger partial charge is 0.495 e. The van der Waals surface area contributed by atoms with E-state index in [-0.39, 0.29) is 11.9 Å². The number of benzene rings is 1. The molecule has 1 aromatic rings. The summed E-state index contributed by atoms with van der Waals surface area (Å²) in [7, 11) is 5.45. The molecule has 0 spiro atoms. The molecule has 1 aliphatic heterocycles. The fraction of sp³-hybridized carbons (Fsp3) is 0.533. The predicted molar refractivity (Wildman–Crippen MR) is 81.4 cm³/mol. The van der Waals surface area contributed by atoms with Crippen LogP contribution in [-0.2, 0) is 0 Å². The molecule has 1 aromatic carbocycles. The van der Waals surface area contributed by atoms with Gasteiger partial charge in [-0.05, 0) is 38.7 Å². The Morgan fingerprint density at radius 2 is 2.24 bits per heavy atom. The number of nitrogens with zero attached hydrogens (tertiary/aromatic N) is 2. The zero-order valence-electron chi connectivity index (χ0n) is 12.7. The third kappa shape index (κ3) is 3.46. The molecule has 1 amide bonds. The van der Waals surface area contributed by atoms with Crippen molar-refractivity contribution in [2.75, 3.05) is 40.0 Å². The second-order valence-electron chi connectivity index (χ2n) is 5.72. The highest BCUT2D eigenvalue weighted by atomic mass is 16.5.